The predicted octanol–water partition coefficient (Wildman–Crippen LogP) is 2.98. The molecule has 110 valence electrons. The Morgan fingerprint density at radius 2 is 1.76 bits per heavy atom. The maximum absolute atomic E-state index is 11.3. The van der Waals surface area contributed by atoms with Crippen molar-refractivity contribution in [2.24, 2.45) is 0 Å². The van der Waals surface area contributed by atoms with Gasteiger partial charge in [-0.05, 0) is 24.3 Å². The molecule has 1 N–H and O–H groups in total. The van der Waals surface area contributed by atoms with Crippen LogP contribution in [-0.2, 0) is 6.61 Å². The van der Waals surface area contributed by atoms with Crippen molar-refractivity contribution in [2.75, 3.05) is 14.2 Å². The molecule has 0 aliphatic carbocycles. The van der Waals surface area contributed by atoms with E-state index >= 15 is 0 Å². The number of rotatable bonds is 6. The van der Waals surface area contributed by atoms with E-state index in [1.807, 2.05) is 12.1 Å². The van der Waals surface area contributed by atoms with Crippen LogP contribution in [0, 0.1) is 0 Å². The number of carboxylic acid groups (broad SMARTS) is 1. The van der Waals surface area contributed by atoms with E-state index in [1.165, 1.54) is 13.2 Å². The summed E-state index contributed by atoms with van der Waals surface area (Å²) in [5.41, 5.74) is 0.721. The monoisotopic (exact) mass is 288 g/mol. The van der Waals surface area contributed by atoms with Crippen LogP contribution in [0.3, 0.4) is 0 Å². The molecule has 0 amide bonds. The predicted molar refractivity (Wildman–Crippen MR) is 77.3 cm³/mol. The van der Waals surface area contributed by atoms with Crippen LogP contribution in [0.15, 0.2) is 42.5 Å². The first-order valence-electron chi connectivity index (χ1n) is 6.31. The topological polar surface area (TPSA) is 65.0 Å². The van der Waals surface area contributed by atoms with E-state index in [4.69, 9.17) is 14.2 Å². The standard InChI is InChI=1S/C16H16O5/c1-19-12-8-7-11(13(9-12)16(17)18)10-21-15-6-4-3-5-14(15)20-2/h3-9H,10H2,1-2H3,(H,17,18). The van der Waals surface area contributed by atoms with E-state index in [0.29, 0.717) is 22.8 Å². The first-order valence-corrected chi connectivity index (χ1v) is 6.31. The summed E-state index contributed by atoms with van der Waals surface area (Å²) in [5.74, 6) is 0.635. The lowest BCUT2D eigenvalue weighted by Crippen LogP contribution is -2.06. The van der Waals surface area contributed by atoms with Gasteiger partial charge >= 0.3 is 5.97 Å². The molecule has 5 heteroatoms. The molecule has 0 aromatic heterocycles. The van der Waals surface area contributed by atoms with Gasteiger partial charge in [0.2, 0.25) is 0 Å². The van der Waals surface area contributed by atoms with Gasteiger partial charge in [0, 0.05) is 5.56 Å². The molecule has 0 spiro atoms. The van der Waals surface area contributed by atoms with Gasteiger partial charge in [0.1, 0.15) is 12.4 Å². The molecule has 0 atom stereocenters. The second-order valence-corrected chi connectivity index (χ2v) is 4.27. The van der Waals surface area contributed by atoms with E-state index in [0.717, 1.165) is 0 Å². The van der Waals surface area contributed by atoms with Gasteiger partial charge in [0.05, 0.1) is 19.8 Å². The summed E-state index contributed by atoms with van der Waals surface area (Å²) in [7, 11) is 3.05. The summed E-state index contributed by atoms with van der Waals surface area (Å²) in [5, 5.41) is 9.25. The molecule has 0 radical (unpaired) electrons. The number of ether oxygens (including phenoxy) is 3. The maximum Gasteiger partial charge on any atom is 0.336 e. The summed E-state index contributed by atoms with van der Waals surface area (Å²) >= 11 is 0. The van der Waals surface area contributed by atoms with Crippen molar-refractivity contribution in [3.8, 4) is 17.2 Å². The van der Waals surface area contributed by atoms with Gasteiger partial charge in [-0.3, -0.25) is 0 Å². The van der Waals surface area contributed by atoms with Crippen LogP contribution in [0.25, 0.3) is 0 Å². The Hall–Kier alpha value is -2.69. The molecule has 5 nitrogen and oxygen atoms in total. The quantitative estimate of drug-likeness (QED) is 0.885. The highest BCUT2D eigenvalue weighted by atomic mass is 16.5. The number of hydrogen-bond donors (Lipinski definition) is 1. The number of methoxy groups -OCH3 is 2. The zero-order chi connectivity index (χ0) is 15.2. The van der Waals surface area contributed by atoms with Crippen LogP contribution in [0.1, 0.15) is 15.9 Å². The molecule has 0 saturated carbocycles. The van der Waals surface area contributed by atoms with Crippen molar-refractivity contribution in [1.82, 2.24) is 0 Å². The Kier molecular flexibility index (Phi) is 4.66. The van der Waals surface area contributed by atoms with Gasteiger partial charge < -0.3 is 19.3 Å². The highest BCUT2D eigenvalue weighted by molar-refractivity contribution is 5.89. The highest BCUT2D eigenvalue weighted by Crippen LogP contribution is 2.27. The van der Waals surface area contributed by atoms with Crippen LogP contribution in [-0.4, -0.2) is 25.3 Å². The first kappa shape index (κ1) is 14.7. The van der Waals surface area contributed by atoms with E-state index < -0.39 is 5.97 Å². The zero-order valence-electron chi connectivity index (χ0n) is 11.8. The number of carboxylic acids is 1. The van der Waals surface area contributed by atoms with Gasteiger partial charge in [-0.25, -0.2) is 4.79 Å². The van der Waals surface area contributed by atoms with Gasteiger partial charge in [-0.1, -0.05) is 18.2 Å². The summed E-state index contributed by atoms with van der Waals surface area (Å²) < 4.78 is 15.9. The third-order valence-electron chi connectivity index (χ3n) is 3.00. The fourth-order valence-corrected chi connectivity index (χ4v) is 1.90. The number of aromatic carboxylic acids is 1. The number of hydrogen-bond acceptors (Lipinski definition) is 4. The van der Waals surface area contributed by atoms with Crippen molar-refractivity contribution in [3.05, 3.63) is 53.6 Å². The van der Waals surface area contributed by atoms with E-state index in [9.17, 15) is 9.90 Å². The lowest BCUT2D eigenvalue weighted by atomic mass is 10.1. The maximum atomic E-state index is 11.3. The summed E-state index contributed by atoms with van der Waals surface area (Å²) in [4.78, 5) is 11.3. The average molecular weight is 288 g/mol. The Morgan fingerprint density at radius 3 is 2.38 bits per heavy atom. The minimum Gasteiger partial charge on any atom is -0.497 e. The van der Waals surface area contributed by atoms with Crippen LogP contribution < -0.4 is 14.2 Å². The molecule has 2 rings (SSSR count). The normalized spacial score (nSPS) is 10.0. The molecule has 21 heavy (non-hydrogen) atoms. The second kappa shape index (κ2) is 6.65. The number of para-hydroxylation sites is 2. The largest absolute Gasteiger partial charge is 0.497 e. The van der Waals surface area contributed by atoms with E-state index in [-0.39, 0.29) is 12.2 Å². The molecular weight excluding hydrogens is 272 g/mol. The molecule has 0 aliphatic rings. The summed E-state index contributed by atoms with van der Waals surface area (Å²) in [6.45, 7) is 0.131. The molecule has 0 bridgehead atoms. The third-order valence-corrected chi connectivity index (χ3v) is 3.00. The molecule has 0 saturated heterocycles. The van der Waals surface area contributed by atoms with Crippen LogP contribution in [0.5, 0.6) is 17.2 Å². The van der Waals surface area contributed by atoms with Crippen molar-refractivity contribution >= 4 is 5.97 Å². The Morgan fingerprint density at radius 1 is 1.05 bits per heavy atom. The minimum atomic E-state index is -1.02. The molecule has 0 unspecified atom stereocenters. The van der Waals surface area contributed by atoms with Crippen LogP contribution in [0.2, 0.25) is 0 Å². The summed E-state index contributed by atoms with van der Waals surface area (Å²) in [6.07, 6.45) is 0. The van der Waals surface area contributed by atoms with Crippen LogP contribution in [0.4, 0.5) is 0 Å². The molecule has 0 aliphatic heterocycles. The second-order valence-electron chi connectivity index (χ2n) is 4.27. The Labute approximate surface area is 122 Å². The Bertz CT molecular complexity index is 636. The van der Waals surface area contributed by atoms with E-state index in [1.54, 1.807) is 31.4 Å². The highest BCUT2D eigenvalue weighted by Gasteiger charge is 2.13. The van der Waals surface area contributed by atoms with Crippen molar-refractivity contribution in [1.29, 1.82) is 0 Å². The Balaban J connectivity index is 2.21. The lowest BCUT2D eigenvalue weighted by molar-refractivity contribution is 0.0693. The van der Waals surface area contributed by atoms with Crippen molar-refractivity contribution in [2.45, 2.75) is 6.61 Å². The zero-order valence-corrected chi connectivity index (χ0v) is 11.8. The minimum absolute atomic E-state index is 0.131. The van der Waals surface area contributed by atoms with E-state index in [2.05, 4.69) is 0 Å². The SMILES string of the molecule is COc1ccc(COc2ccccc2OC)c(C(=O)O)c1. The molecule has 0 heterocycles. The molecule has 2 aromatic carbocycles. The molecular formula is C16H16O5. The number of benzene rings is 2. The molecule has 2 aromatic rings. The van der Waals surface area contributed by atoms with Gasteiger partial charge in [-0.15, -0.1) is 0 Å². The smallest absolute Gasteiger partial charge is 0.336 e. The summed E-state index contributed by atoms with van der Waals surface area (Å²) in [6, 6.07) is 12.1. The first-order chi connectivity index (χ1) is 10.2. The lowest BCUT2D eigenvalue weighted by Gasteiger charge is -2.12. The fraction of sp³-hybridized carbons (Fsp3) is 0.188. The number of carbonyl (C=O) groups is 1. The van der Waals surface area contributed by atoms with Crippen molar-refractivity contribution in [3.63, 3.8) is 0 Å². The van der Waals surface area contributed by atoms with Crippen molar-refractivity contribution < 1.29 is 24.1 Å². The van der Waals surface area contributed by atoms with Gasteiger partial charge in [0.15, 0.2) is 11.5 Å². The third kappa shape index (κ3) is 3.45. The fourth-order valence-electron chi connectivity index (χ4n) is 1.90. The van der Waals surface area contributed by atoms with Gasteiger partial charge in [0.25, 0.3) is 0 Å². The molecule has 0 fully saturated rings. The van der Waals surface area contributed by atoms with Crippen LogP contribution >= 0.6 is 0 Å². The average Bonchev–Trinajstić information content (AvgIpc) is 2.52. The van der Waals surface area contributed by atoms with Gasteiger partial charge in [-0.2, -0.15) is 0 Å².